The summed E-state index contributed by atoms with van der Waals surface area (Å²) in [6.07, 6.45) is 4.24. The van der Waals surface area contributed by atoms with Gasteiger partial charge in [0.25, 0.3) is 5.91 Å². The third-order valence-electron chi connectivity index (χ3n) is 5.51. The van der Waals surface area contributed by atoms with E-state index >= 15 is 0 Å². The molecule has 3 atom stereocenters. The quantitative estimate of drug-likeness (QED) is 0.828. The van der Waals surface area contributed by atoms with Crippen molar-refractivity contribution in [2.24, 2.45) is 11.8 Å². The first-order valence-electron chi connectivity index (χ1n) is 9.39. The second kappa shape index (κ2) is 7.43. The number of fused-ring (bicyclic) bond motifs is 1. The van der Waals surface area contributed by atoms with Crippen LogP contribution in [0.1, 0.15) is 37.1 Å². The molecule has 3 fully saturated rings. The van der Waals surface area contributed by atoms with Gasteiger partial charge in [0.1, 0.15) is 5.76 Å². The fraction of sp³-hybridized carbons (Fsp3) is 0.778. The largest absolute Gasteiger partial charge is 0.377 e. The summed E-state index contributed by atoms with van der Waals surface area (Å²) in [5.74, 6) is 1.27. The average Bonchev–Trinajstić information content (AvgIpc) is 3.06. The van der Waals surface area contributed by atoms with Crippen molar-refractivity contribution in [3.05, 3.63) is 17.5 Å². The molecule has 7 heteroatoms. The molecule has 0 aromatic carbocycles. The summed E-state index contributed by atoms with van der Waals surface area (Å²) in [6, 6.07) is 1.99. The molecule has 3 saturated heterocycles. The van der Waals surface area contributed by atoms with Crippen molar-refractivity contribution < 1.29 is 18.9 Å². The van der Waals surface area contributed by atoms with E-state index in [4.69, 9.17) is 14.1 Å². The molecule has 25 heavy (non-hydrogen) atoms. The highest BCUT2D eigenvalue weighted by molar-refractivity contribution is 5.78. The number of aromatic nitrogens is 1. The number of carbonyl (C=O) groups is 1. The van der Waals surface area contributed by atoms with E-state index in [1.807, 2.05) is 13.0 Å². The summed E-state index contributed by atoms with van der Waals surface area (Å²) in [6.45, 7) is 6.55. The molecule has 0 saturated carbocycles. The van der Waals surface area contributed by atoms with Crippen LogP contribution < -0.4 is 0 Å². The van der Waals surface area contributed by atoms with Gasteiger partial charge >= 0.3 is 0 Å². The van der Waals surface area contributed by atoms with Crippen LogP contribution in [0.2, 0.25) is 0 Å². The summed E-state index contributed by atoms with van der Waals surface area (Å²) >= 11 is 0. The van der Waals surface area contributed by atoms with Crippen LogP contribution in [0.3, 0.4) is 0 Å². The molecule has 0 bridgehead atoms. The van der Waals surface area contributed by atoms with Gasteiger partial charge in [0.15, 0.2) is 0 Å². The van der Waals surface area contributed by atoms with E-state index in [0.29, 0.717) is 25.7 Å². The highest BCUT2D eigenvalue weighted by atomic mass is 16.7. The van der Waals surface area contributed by atoms with Crippen molar-refractivity contribution in [2.45, 2.75) is 45.3 Å². The molecule has 1 aromatic rings. The number of piperidine rings is 1. The molecule has 138 valence electrons. The van der Waals surface area contributed by atoms with Crippen LogP contribution in [0.25, 0.3) is 0 Å². The van der Waals surface area contributed by atoms with Gasteiger partial charge in [-0.25, -0.2) is 5.06 Å². The summed E-state index contributed by atoms with van der Waals surface area (Å²) in [7, 11) is 0. The second-order valence-electron chi connectivity index (χ2n) is 7.50. The zero-order chi connectivity index (χ0) is 17.2. The van der Waals surface area contributed by atoms with Crippen molar-refractivity contribution in [3.8, 4) is 0 Å². The second-order valence-corrected chi connectivity index (χ2v) is 7.50. The Kier molecular flexibility index (Phi) is 5.05. The topological polar surface area (TPSA) is 68.0 Å². The number of likely N-dealkylation sites (tertiary alicyclic amines) is 1. The Morgan fingerprint density at radius 3 is 3.04 bits per heavy atom. The number of rotatable bonds is 3. The van der Waals surface area contributed by atoms with Crippen molar-refractivity contribution >= 4 is 5.91 Å². The number of hydroxylamine groups is 2. The molecule has 4 heterocycles. The standard InChI is InChI=1S/C18H27N3O4/c1-13-8-16(19-25-13)11-20-6-4-17-14(10-20)9-15(12-23-17)18(22)21-5-2-3-7-24-21/h8,14-15,17H,2-7,9-12H2,1H3/t14-,15-,17+/m0/s1. The van der Waals surface area contributed by atoms with Crippen LogP contribution in [-0.4, -0.2) is 60.0 Å². The van der Waals surface area contributed by atoms with Gasteiger partial charge in [0, 0.05) is 32.2 Å². The van der Waals surface area contributed by atoms with E-state index in [-0.39, 0.29) is 17.9 Å². The van der Waals surface area contributed by atoms with E-state index in [1.165, 1.54) is 0 Å². The van der Waals surface area contributed by atoms with Crippen LogP contribution in [0.15, 0.2) is 10.6 Å². The van der Waals surface area contributed by atoms with E-state index < -0.39 is 0 Å². The van der Waals surface area contributed by atoms with Gasteiger partial charge in [-0.1, -0.05) is 5.16 Å². The molecule has 0 unspecified atom stereocenters. The Morgan fingerprint density at radius 2 is 2.28 bits per heavy atom. The summed E-state index contributed by atoms with van der Waals surface area (Å²) in [5.41, 5.74) is 0.974. The molecule has 0 radical (unpaired) electrons. The summed E-state index contributed by atoms with van der Waals surface area (Å²) < 4.78 is 11.2. The number of hydrogen-bond donors (Lipinski definition) is 0. The molecule has 1 amide bonds. The van der Waals surface area contributed by atoms with E-state index in [9.17, 15) is 4.79 Å². The first-order chi connectivity index (χ1) is 12.2. The lowest BCUT2D eigenvalue weighted by molar-refractivity contribution is -0.208. The molecular weight excluding hydrogens is 322 g/mol. The summed E-state index contributed by atoms with van der Waals surface area (Å²) in [5, 5.41) is 5.66. The molecular formula is C18H27N3O4. The number of nitrogens with zero attached hydrogens (tertiary/aromatic N) is 3. The maximum atomic E-state index is 12.7. The van der Waals surface area contributed by atoms with E-state index in [1.54, 1.807) is 5.06 Å². The zero-order valence-electron chi connectivity index (χ0n) is 14.9. The third-order valence-corrected chi connectivity index (χ3v) is 5.51. The molecule has 0 aliphatic carbocycles. The van der Waals surface area contributed by atoms with E-state index in [0.717, 1.165) is 56.8 Å². The predicted molar refractivity (Wildman–Crippen MR) is 89.4 cm³/mol. The lowest BCUT2D eigenvalue weighted by atomic mass is 9.83. The Hall–Kier alpha value is -1.44. The number of hydrogen-bond acceptors (Lipinski definition) is 6. The minimum Gasteiger partial charge on any atom is -0.377 e. The highest BCUT2D eigenvalue weighted by Crippen LogP contribution is 2.33. The Morgan fingerprint density at radius 1 is 1.36 bits per heavy atom. The molecule has 3 aliphatic rings. The first kappa shape index (κ1) is 17.0. The van der Waals surface area contributed by atoms with Crippen molar-refractivity contribution in [2.75, 3.05) is 32.8 Å². The zero-order valence-corrected chi connectivity index (χ0v) is 14.9. The van der Waals surface area contributed by atoms with Gasteiger partial charge in [0.2, 0.25) is 0 Å². The van der Waals surface area contributed by atoms with Crippen LogP contribution >= 0.6 is 0 Å². The van der Waals surface area contributed by atoms with Crippen LogP contribution in [0, 0.1) is 18.8 Å². The highest BCUT2D eigenvalue weighted by Gasteiger charge is 2.40. The normalized spacial score (nSPS) is 30.9. The van der Waals surface area contributed by atoms with Gasteiger partial charge in [-0.2, -0.15) is 0 Å². The fourth-order valence-corrected chi connectivity index (χ4v) is 4.22. The molecule has 7 nitrogen and oxygen atoms in total. The number of carbonyl (C=O) groups excluding carboxylic acids is 1. The van der Waals surface area contributed by atoms with Crippen LogP contribution in [0.5, 0.6) is 0 Å². The fourth-order valence-electron chi connectivity index (χ4n) is 4.22. The van der Waals surface area contributed by atoms with Gasteiger partial charge < -0.3 is 9.26 Å². The van der Waals surface area contributed by atoms with Crippen LogP contribution in [-0.2, 0) is 20.9 Å². The van der Waals surface area contributed by atoms with E-state index in [2.05, 4.69) is 10.1 Å². The minimum absolute atomic E-state index is 0.0754. The molecule has 0 spiro atoms. The lowest BCUT2D eigenvalue weighted by Gasteiger charge is -2.43. The monoisotopic (exact) mass is 349 g/mol. The SMILES string of the molecule is Cc1cc(CN2CC[C@H]3OC[C@@H](C(=O)N4CCCCO4)C[C@H]3C2)no1. The Bertz CT molecular complexity index is 599. The number of aryl methyl sites for hydroxylation is 1. The van der Waals surface area contributed by atoms with Gasteiger partial charge in [-0.05, 0) is 38.5 Å². The maximum absolute atomic E-state index is 12.7. The molecule has 1 aromatic heterocycles. The van der Waals surface area contributed by atoms with Crippen molar-refractivity contribution in [1.29, 1.82) is 0 Å². The van der Waals surface area contributed by atoms with Gasteiger partial charge in [-0.15, -0.1) is 0 Å². The number of amides is 1. The third kappa shape index (κ3) is 3.88. The lowest BCUT2D eigenvalue weighted by Crippen LogP contribution is -2.51. The Balaban J connectivity index is 1.34. The smallest absolute Gasteiger partial charge is 0.251 e. The van der Waals surface area contributed by atoms with Gasteiger partial charge in [0.05, 0.1) is 30.9 Å². The predicted octanol–water partition coefficient (Wildman–Crippen LogP) is 1.76. The van der Waals surface area contributed by atoms with Crippen molar-refractivity contribution in [3.63, 3.8) is 0 Å². The number of ether oxygens (including phenoxy) is 1. The summed E-state index contributed by atoms with van der Waals surface area (Å²) in [4.78, 5) is 20.6. The average molecular weight is 349 g/mol. The van der Waals surface area contributed by atoms with Crippen molar-refractivity contribution in [1.82, 2.24) is 15.1 Å². The molecule has 4 rings (SSSR count). The Labute approximate surface area is 148 Å². The minimum atomic E-state index is -0.0754. The molecule has 3 aliphatic heterocycles. The maximum Gasteiger partial charge on any atom is 0.251 e. The first-order valence-corrected chi connectivity index (χ1v) is 9.39. The van der Waals surface area contributed by atoms with Crippen LogP contribution in [0.4, 0.5) is 0 Å². The van der Waals surface area contributed by atoms with Gasteiger partial charge in [-0.3, -0.25) is 14.5 Å². The molecule has 0 N–H and O–H groups in total.